The quantitative estimate of drug-likeness (QED) is 0.427. The van der Waals surface area contributed by atoms with Gasteiger partial charge in [-0.25, -0.2) is 0 Å². The molecule has 4 aromatic rings. The first-order valence-electron chi connectivity index (χ1n) is 11.3. The first-order chi connectivity index (χ1) is 16.7. The van der Waals surface area contributed by atoms with Crippen LogP contribution < -0.4 is 10.2 Å². The number of thioether (sulfide) groups is 1. The van der Waals surface area contributed by atoms with E-state index in [0.29, 0.717) is 17.2 Å². The zero-order valence-electron chi connectivity index (χ0n) is 18.5. The van der Waals surface area contributed by atoms with Crippen molar-refractivity contribution in [2.45, 2.75) is 19.0 Å². The summed E-state index contributed by atoms with van der Waals surface area (Å²) in [6, 6.07) is 17.5. The average Bonchev–Trinajstić information content (AvgIpc) is 3.63. The fourth-order valence-electron chi connectivity index (χ4n) is 4.71. The minimum absolute atomic E-state index is 0.115. The lowest BCUT2D eigenvalue weighted by Gasteiger charge is -2.29. The maximum atomic E-state index is 13.3. The van der Waals surface area contributed by atoms with Gasteiger partial charge in [-0.3, -0.25) is 9.59 Å². The number of anilines is 2. The number of hydrogen-bond donors (Lipinski definition) is 2. The van der Waals surface area contributed by atoms with Crippen molar-refractivity contribution in [2.75, 3.05) is 28.4 Å². The lowest BCUT2D eigenvalue weighted by molar-refractivity contribution is -0.119. The van der Waals surface area contributed by atoms with E-state index in [9.17, 15) is 9.59 Å². The highest BCUT2D eigenvalue weighted by Gasteiger charge is 2.36. The van der Waals surface area contributed by atoms with Crippen molar-refractivity contribution in [3.8, 4) is 0 Å². The lowest BCUT2D eigenvalue weighted by Crippen LogP contribution is -2.44. The molecule has 1 atom stereocenters. The van der Waals surface area contributed by atoms with Crippen LogP contribution in [0.15, 0.2) is 66.2 Å². The van der Waals surface area contributed by atoms with Gasteiger partial charge in [-0.2, -0.15) is 0 Å². The zero-order chi connectivity index (χ0) is 23.1. The summed E-state index contributed by atoms with van der Waals surface area (Å²) in [4.78, 5) is 35.1. The molecule has 0 radical (unpaired) electrons. The van der Waals surface area contributed by atoms with Gasteiger partial charge in [0, 0.05) is 52.2 Å². The molecule has 1 unspecified atom stereocenters. The van der Waals surface area contributed by atoms with Crippen molar-refractivity contribution in [2.24, 2.45) is 0 Å². The SMILES string of the molecule is O=C(Nc1ccc(N2CCc3sccc3C2)cc1)C1CSCN1C(=O)c1c[nH]c2ccccc12. The van der Waals surface area contributed by atoms with Crippen LogP contribution in [-0.2, 0) is 17.8 Å². The van der Waals surface area contributed by atoms with Crippen molar-refractivity contribution < 1.29 is 9.59 Å². The molecule has 6 rings (SSSR count). The second-order valence-electron chi connectivity index (χ2n) is 8.62. The van der Waals surface area contributed by atoms with Crippen LogP contribution in [0.5, 0.6) is 0 Å². The molecule has 0 aliphatic carbocycles. The molecule has 0 saturated carbocycles. The van der Waals surface area contributed by atoms with E-state index < -0.39 is 6.04 Å². The van der Waals surface area contributed by atoms with Gasteiger partial charge in [-0.05, 0) is 53.8 Å². The summed E-state index contributed by atoms with van der Waals surface area (Å²) in [6.07, 6.45) is 2.81. The number of hydrogen-bond acceptors (Lipinski definition) is 5. The van der Waals surface area contributed by atoms with Crippen LogP contribution in [0.1, 0.15) is 20.8 Å². The third-order valence-electron chi connectivity index (χ3n) is 6.57. The van der Waals surface area contributed by atoms with Crippen molar-refractivity contribution >= 4 is 57.2 Å². The molecule has 172 valence electrons. The molecule has 2 aliphatic rings. The number of nitrogens with zero attached hydrogens (tertiary/aromatic N) is 2. The van der Waals surface area contributed by atoms with Crippen molar-refractivity contribution in [3.63, 3.8) is 0 Å². The number of nitrogens with one attached hydrogen (secondary N) is 2. The van der Waals surface area contributed by atoms with Gasteiger partial charge in [0.1, 0.15) is 6.04 Å². The average molecular weight is 489 g/mol. The number of carbonyl (C=O) groups is 2. The Kier molecular flexibility index (Phi) is 5.55. The van der Waals surface area contributed by atoms with E-state index in [-0.39, 0.29) is 11.8 Å². The Morgan fingerprint density at radius 3 is 2.79 bits per heavy atom. The highest BCUT2D eigenvalue weighted by molar-refractivity contribution is 7.99. The summed E-state index contributed by atoms with van der Waals surface area (Å²) in [5.74, 6) is 0.839. The minimum Gasteiger partial charge on any atom is -0.367 e. The van der Waals surface area contributed by atoms with Crippen LogP contribution in [0.25, 0.3) is 10.9 Å². The van der Waals surface area contributed by atoms with Crippen LogP contribution >= 0.6 is 23.1 Å². The van der Waals surface area contributed by atoms with E-state index in [1.54, 1.807) is 22.9 Å². The second-order valence-corrected chi connectivity index (χ2v) is 10.6. The summed E-state index contributed by atoms with van der Waals surface area (Å²) < 4.78 is 0. The molecule has 6 nitrogen and oxygen atoms in total. The largest absolute Gasteiger partial charge is 0.367 e. The third kappa shape index (κ3) is 3.86. The monoisotopic (exact) mass is 488 g/mol. The predicted molar refractivity (Wildman–Crippen MR) is 140 cm³/mol. The Labute approximate surface area is 206 Å². The molecular weight excluding hydrogens is 464 g/mol. The van der Waals surface area contributed by atoms with Gasteiger partial charge in [0.2, 0.25) is 5.91 Å². The Hall–Kier alpha value is -3.23. The van der Waals surface area contributed by atoms with Gasteiger partial charge in [0.15, 0.2) is 0 Å². The van der Waals surface area contributed by atoms with Gasteiger partial charge in [0.25, 0.3) is 5.91 Å². The highest BCUT2D eigenvalue weighted by atomic mass is 32.2. The number of H-pyrrole nitrogens is 1. The van der Waals surface area contributed by atoms with Crippen LogP contribution in [0, 0.1) is 0 Å². The fourth-order valence-corrected chi connectivity index (χ4v) is 6.76. The minimum atomic E-state index is -0.495. The first-order valence-corrected chi connectivity index (χ1v) is 13.4. The number of aromatic nitrogens is 1. The molecule has 2 amide bonds. The molecular formula is C26H24N4O2S2. The molecule has 34 heavy (non-hydrogen) atoms. The molecule has 4 heterocycles. The predicted octanol–water partition coefficient (Wildman–Crippen LogP) is 4.95. The van der Waals surface area contributed by atoms with Gasteiger partial charge in [0.05, 0.1) is 11.4 Å². The lowest BCUT2D eigenvalue weighted by atomic mass is 10.1. The maximum Gasteiger partial charge on any atom is 0.257 e. The number of thiophene rings is 1. The number of rotatable bonds is 4. The molecule has 2 aromatic carbocycles. The van der Waals surface area contributed by atoms with E-state index in [1.165, 1.54) is 10.4 Å². The summed E-state index contributed by atoms with van der Waals surface area (Å²) >= 11 is 3.44. The summed E-state index contributed by atoms with van der Waals surface area (Å²) in [5, 5.41) is 6.07. The Balaban J connectivity index is 1.14. The highest BCUT2D eigenvalue weighted by Crippen LogP contribution is 2.30. The summed E-state index contributed by atoms with van der Waals surface area (Å²) in [6.45, 7) is 1.93. The van der Waals surface area contributed by atoms with E-state index in [4.69, 9.17) is 0 Å². The molecule has 0 spiro atoms. The van der Waals surface area contributed by atoms with Crippen LogP contribution in [0.2, 0.25) is 0 Å². The number of aromatic amines is 1. The van der Waals surface area contributed by atoms with E-state index in [2.05, 4.69) is 38.8 Å². The smallest absolute Gasteiger partial charge is 0.257 e. The first kappa shape index (κ1) is 21.3. The van der Waals surface area contributed by atoms with Crippen molar-refractivity contribution in [1.82, 2.24) is 9.88 Å². The van der Waals surface area contributed by atoms with E-state index in [0.717, 1.165) is 41.8 Å². The molecule has 2 N–H and O–H groups in total. The van der Waals surface area contributed by atoms with Gasteiger partial charge in [-0.15, -0.1) is 23.1 Å². The number of benzene rings is 2. The normalized spacial score (nSPS) is 17.7. The molecule has 2 aromatic heterocycles. The number of fused-ring (bicyclic) bond motifs is 2. The maximum absolute atomic E-state index is 13.3. The topological polar surface area (TPSA) is 68.4 Å². The molecule has 2 aliphatic heterocycles. The molecule has 8 heteroatoms. The zero-order valence-corrected chi connectivity index (χ0v) is 20.1. The van der Waals surface area contributed by atoms with Crippen LogP contribution in [0.4, 0.5) is 11.4 Å². The van der Waals surface area contributed by atoms with Crippen LogP contribution in [-0.4, -0.2) is 45.9 Å². The summed E-state index contributed by atoms with van der Waals surface area (Å²) in [7, 11) is 0. The Morgan fingerprint density at radius 1 is 1.06 bits per heavy atom. The van der Waals surface area contributed by atoms with Crippen LogP contribution in [0.3, 0.4) is 0 Å². The number of para-hydroxylation sites is 1. The standard InChI is InChI=1S/C26H24N4O2S2/c31-25(23-15-33-16-30(23)26(32)21-13-27-22-4-2-1-3-20(21)22)28-18-5-7-19(8-6-18)29-11-9-24-17(14-29)10-12-34-24/h1-8,10,12-13,23,27H,9,11,14-16H2,(H,28,31). The number of carbonyl (C=O) groups excluding carboxylic acids is 2. The fraction of sp³-hybridized carbons (Fsp3) is 0.231. The van der Waals surface area contributed by atoms with Gasteiger partial charge < -0.3 is 20.1 Å². The number of amides is 2. The second kappa shape index (κ2) is 8.85. The Bertz CT molecular complexity index is 1360. The van der Waals surface area contributed by atoms with Crippen molar-refractivity contribution in [1.29, 1.82) is 0 Å². The molecule has 1 saturated heterocycles. The van der Waals surface area contributed by atoms with Gasteiger partial charge >= 0.3 is 0 Å². The molecule has 1 fully saturated rings. The van der Waals surface area contributed by atoms with E-state index in [1.807, 2.05) is 47.7 Å². The van der Waals surface area contributed by atoms with E-state index >= 15 is 0 Å². The van der Waals surface area contributed by atoms with Crippen molar-refractivity contribution in [3.05, 3.63) is 82.2 Å². The molecule has 0 bridgehead atoms. The van der Waals surface area contributed by atoms with Gasteiger partial charge in [-0.1, -0.05) is 18.2 Å². The Morgan fingerprint density at radius 2 is 1.91 bits per heavy atom. The summed E-state index contributed by atoms with van der Waals surface area (Å²) in [5.41, 5.74) is 4.84. The third-order valence-corrected chi connectivity index (χ3v) is 8.61.